The highest BCUT2D eigenvalue weighted by Crippen LogP contribution is 2.23. The number of hydrogen-bond donors (Lipinski definition) is 1. The fraction of sp³-hybridized carbons (Fsp3) is 0.429. The molecule has 0 spiro atoms. The first-order valence-electron chi connectivity index (χ1n) is 6.23. The van der Waals surface area contributed by atoms with Gasteiger partial charge in [0.25, 0.3) is 5.91 Å². The molecule has 0 saturated carbocycles. The second kappa shape index (κ2) is 5.84. The average Bonchev–Trinajstić information content (AvgIpc) is 2.85. The van der Waals surface area contributed by atoms with Gasteiger partial charge in [-0.25, -0.2) is 4.79 Å². The molecule has 1 fully saturated rings. The first kappa shape index (κ1) is 13.5. The number of para-hydroxylation sites is 1. The molecular weight excluding hydrogens is 246 g/mol. The number of hydrogen-bond acceptors (Lipinski definition) is 4. The lowest BCUT2D eigenvalue weighted by Gasteiger charge is -2.15. The maximum Gasteiger partial charge on any atom is 0.339 e. The van der Waals surface area contributed by atoms with E-state index >= 15 is 0 Å². The van der Waals surface area contributed by atoms with Gasteiger partial charge in [0.05, 0.1) is 18.4 Å². The minimum Gasteiger partial charge on any atom is -0.465 e. The van der Waals surface area contributed by atoms with Gasteiger partial charge in [-0.15, -0.1) is 0 Å². The van der Waals surface area contributed by atoms with Gasteiger partial charge in [0.1, 0.15) is 6.10 Å². The van der Waals surface area contributed by atoms with Gasteiger partial charge in [0.2, 0.25) is 0 Å². The number of benzene rings is 1. The van der Waals surface area contributed by atoms with Crippen molar-refractivity contribution in [3.05, 3.63) is 29.8 Å². The zero-order valence-corrected chi connectivity index (χ0v) is 11.0. The molecular formula is C14H17NO4. The van der Waals surface area contributed by atoms with Crippen LogP contribution in [0, 0.1) is 5.92 Å². The molecule has 0 radical (unpaired) electrons. The summed E-state index contributed by atoms with van der Waals surface area (Å²) in [5, 5.41) is 2.73. The molecule has 2 unspecified atom stereocenters. The molecule has 0 bridgehead atoms. The summed E-state index contributed by atoms with van der Waals surface area (Å²) in [6.45, 7) is 2.57. The zero-order chi connectivity index (χ0) is 13.8. The summed E-state index contributed by atoms with van der Waals surface area (Å²) in [5.41, 5.74) is 0.783. The number of nitrogens with one attached hydrogen (secondary N) is 1. The van der Waals surface area contributed by atoms with Crippen LogP contribution in [0.3, 0.4) is 0 Å². The van der Waals surface area contributed by atoms with Gasteiger partial charge in [0, 0.05) is 6.61 Å². The first-order chi connectivity index (χ1) is 9.13. The monoisotopic (exact) mass is 263 g/mol. The topological polar surface area (TPSA) is 64.6 Å². The summed E-state index contributed by atoms with van der Waals surface area (Å²) < 4.78 is 10.1. The molecule has 5 heteroatoms. The Labute approximate surface area is 111 Å². The number of ether oxygens (including phenoxy) is 2. The smallest absolute Gasteiger partial charge is 0.339 e. The van der Waals surface area contributed by atoms with E-state index in [1.165, 1.54) is 7.11 Å². The molecule has 2 rings (SSSR count). The van der Waals surface area contributed by atoms with Crippen LogP contribution in [0.2, 0.25) is 0 Å². The molecule has 19 heavy (non-hydrogen) atoms. The molecule has 1 aliphatic rings. The summed E-state index contributed by atoms with van der Waals surface area (Å²) in [7, 11) is 1.31. The molecule has 1 aromatic rings. The van der Waals surface area contributed by atoms with Gasteiger partial charge in [-0.2, -0.15) is 0 Å². The maximum absolute atomic E-state index is 12.1. The Bertz CT molecular complexity index is 486. The number of amides is 1. The predicted molar refractivity (Wildman–Crippen MR) is 69.9 cm³/mol. The van der Waals surface area contributed by atoms with Gasteiger partial charge in [-0.1, -0.05) is 19.1 Å². The van der Waals surface area contributed by atoms with E-state index in [-0.39, 0.29) is 11.8 Å². The number of esters is 1. The Morgan fingerprint density at radius 3 is 2.74 bits per heavy atom. The second-order valence-corrected chi connectivity index (χ2v) is 4.58. The Morgan fingerprint density at radius 1 is 1.37 bits per heavy atom. The number of carbonyl (C=O) groups is 2. The van der Waals surface area contributed by atoms with Crippen LogP contribution in [-0.4, -0.2) is 31.7 Å². The largest absolute Gasteiger partial charge is 0.465 e. The summed E-state index contributed by atoms with van der Waals surface area (Å²) in [4.78, 5) is 23.7. The second-order valence-electron chi connectivity index (χ2n) is 4.58. The highest BCUT2D eigenvalue weighted by atomic mass is 16.5. The summed E-state index contributed by atoms with van der Waals surface area (Å²) in [5.74, 6) is -0.511. The van der Waals surface area contributed by atoms with E-state index in [4.69, 9.17) is 4.74 Å². The Balaban J connectivity index is 2.14. The third kappa shape index (κ3) is 2.93. The fourth-order valence-electron chi connectivity index (χ4n) is 2.11. The minimum atomic E-state index is -0.476. The lowest BCUT2D eigenvalue weighted by atomic mass is 10.0. The van der Waals surface area contributed by atoms with Crippen LogP contribution >= 0.6 is 0 Å². The minimum absolute atomic E-state index is 0.185. The van der Waals surface area contributed by atoms with Crippen molar-refractivity contribution >= 4 is 17.6 Å². The van der Waals surface area contributed by atoms with Crippen LogP contribution in [0.25, 0.3) is 0 Å². The van der Waals surface area contributed by atoms with E-state index in [0.717, 1.165) is 6.42 Å². The van der Waals surface area contributed by atoms with Crippen molar-refractivity contribution in [2.75, 3.05) is 19.0 Å². The average molecular weight is 263 g/mol. The lowest BCUT2D eigenvalue weighted by Crippen LogP contribution is -2.31. The highest BCUT2D eigenvalue weighted by Gasteiger charge is 2.31. The number of rotatable bonds is 3. The predicted octanol–water partition coefficient (Wildman–Crippen LogP) is 1.84. The Kier molecular flexibility index (Phi) is 4.16. The molecule has 5 nitrogen and oxygen atoms in total. The van der Waals surface area contributed by atoms with Gasteiger partial charge >= 0.3 is 5.97 Å². The van der Waals surface area contributed by atoms with Crippen molar-refractivity contribution in [2.24, 2.45) is 5.92 Å². The third-order valence-corrected chi connectivity index (χ3v) is 3.24. The SMILES string of the molecule is COC(=O)c1ccccc1NC(=O)C1OCCC1C. The van der Waals surface area contributed by atoms with Crippen LogP contribution in [0.1, 0.15) is 23.7 Å². The maximum atomic E-state index is 12.1. The van der Waals surface area contributed by atoms with E-state index in [0.29, 0.717) is 17.9 Å². The van der Waals surface area contributed by atoms with Crippen molar-refractivity contribution in [3.8, 4) is 0 Å². The lowest BCUT2D eigenvalue weighted by molar-refractivity contribution is -0.126. The summed E-state index contributed by atoms with van der Waals surface area (Å²) >= 11 is 0. The van der Waals surface area contributed by atoms with Gasteiger partial charge in [0.15, 0.2) is 0 Å². The van der Waals surface area contributed by atoms with Crippen LogP contribution in [0.15, 0.2) is 24.3 Å². The molecule has 1 heterocycles. The summed E-state index contributed by atoms with van der Waals surface area (Å²) in [6.07, 6.45) is 0.419. The van der Waals surface area contributed by atoms with E-state index in [2.05, 4.69) is 10.1 Å². The van der Waals surface area contributed by atoms with Crippen molar-refractivity contribution < 1.29 is 19.1 Å². The molecule has 1 amide bonds. The van der Waals surface area contributed by atoms with Gasteiger partial charge < -0.3 is 14.8 Å². The fourth-order valence-corrected chi connectivity index (χ4v) is 2.11. The van der Waals surface area contributed by atoms with Crippen LogP contribution < -0.4 is 5.32 Å². The van der Waals surface area contributed by atoms with E-state index in [1.807, 2.05) is 6.92 Å². The molecule has 102 valence electrons. The van der Waals surface area contributed by atoms with E-state index < -0.39 is 12.1 Å². The van der Waals surface area contributed by atoms with Crippen LogP contribution in [0.5, 0.6) is 0 Å². The standard InChI is InChI=1S/C14H17NO4/c1-9-7-8-19-12(9)13(16)15-11-6-4-3-5-10(11)14(17)18-2/h3-6,9,12H,7-8H2,1-2H3,(H,15,16). The van der Waals surface area contributed by atoms with Gasteiger partial charge in [-0.3, -0.25) is 4.79 Å². The summed E-state index contributed by atoms with van der Waals surface area (Å²) in [6, 6.07) is 6.75. The van der Waals surface area contributed by atoms with E-state index in [1.54, 1.807) is 24.3 Å². The molecule has 0 aromatic heterocycles. The Hall–Kier alpha value is -1.88. The zero-order valence-electron chi connectivity index (χ0n) is 11.0. The van der Waals surface area contributed by atoms with Gasteiger partial charge in [-0.05, 0) is 24.5 Å². The molecule has 1 aliphatic heterocycles. The Morgan fingerprint density at radius 2 is 2.11 bits per heavy atom. The van der Waals surface area contributed by atoms with E-state index in [9.17, 15) is 9.59 Å². The first-order valence-corrected chi connectivity index (χ1v) is 6.23. The molecule has 2 atom stereocenters. The normalized spacial score (nSPS) is 22.0. The van der Waals surface area contributed by atoms with Crippen molar-refractivity contribution in [1.82, 2.24) is 0 Å². The quantitative estimate of drug-likeness (QED) is 0.845. The number of methoxy groups -OCH3 is 1. The number of anilines is 1. The molecule has 1 saturated heterocycles. The highest BCUT2D eigenvalue weighted by molar-refractivity contribution is 6.02. The van der Waals surface area contributed by atoms with Crippen molar-refractivity contribution in [3.63, 3.8) is 0 Å². The van der Waals surface area contributed by atoms with Crippen LogP contribution in [-0.2, 0) is 14.3 Å². The molecule has 1 aromatic carbocycles. The van der Waals surface area contributed by atoms with Crippen molar-refractivity contribution in [2.45, 2.75) is 19.4 Å². The van der Waals surface area contributed by atoms with Crippen molar-refractivity contribution in [1.29, 1.82) is 0 Å². The molecule has 1 N–H and O–H groups in total. The number of carbonyl (C=O) groups excluding carboxylic acids is 2. The molecule has 0 aliphatic carbocycles. The third-order valence-electron chi connectivity index (χ3n) is 3.24. The van der Waals surface area contributed by atoms with Crippen LogP contribution in [0.4, 0.5) is 5.69 Å².